The quantitative estimate of drug-likeness (QED) is 0.746. The predicted molar refractivity (Wildman–Crippen MR) is 101 cm³/mol. The van der Waals surface area contributed by atoms with Gasteiger partial charge in [-0.25, -0.2) is 4.39 Å². The second kappa shape index (κ2) is 8.66. The first-order chi connectivity index (χ1) is 13.1. The van der Waals surface area contributed by atoms with Gasteiger partial charge in [0, 0.05) is 24.9 Å². The maximum absolute atomic E-state index is 14.0. The van der Waals surface area contributed by atoms with Gasteiger partial charge in [0.25, 0.3) is 0 Å². The molecule has 0 spiro atoms. The Morgan fingerprint density at radius 1 is 1.30 bits per heavy atom. The molecular weight excluding hydrogens is 347 g/mol. The fraction of sp³-hybridized carbons (Fsp3) is 0.333. The van der Waals surface area contributed by atoms with Crippen molar-refractivity contribution in [1.82, 2.24) is 4.90 Å². The zero-order valence-corrected chi connectivity index (χ0v) is 15.5. The molecule has 1 aliphatic rings. The van der Waals surface area contributed by atoms with Crippen molar-refractivity contribution in [3.8, 4) is 5.75 Å². The van der Waals surface area contributed by atoms with Crippen LogP contribution in [0.15, 0.2) is 53.7 Å². The van der Waals surface area contributed by atoms with Crippen molar-refractivity contribution in [2.75, 3.05) is 13.7 Å². The van der Waals surface area contributed by atoms with Crippen LogP contribution in [-0.2, 0) is 16.2 Å². The standard InChI is InChI=1S/C21H23FN2O3/c1-3-21(25)24(13-15-7-6-8-16(11-15)26-2)14-17-12-20(23-27-17)18-9-4-5-10-19(18)22/h4-11,17H,3,12-14H2,1-2H3/t17-/m0/s1. The van der Waals surface area contributed by atoms with E-state index in [0.717, 1.165) is 11.3 Å². The summed E-state index contributed by atoms with van der Waals surface area (Å²) < 4.78 is 19.2. The third kappa shape index (κ3) is 4.64. The zero-order valence-electron chi connectivity index (χ0n) is 15.5. The Bertz CT molecular complexity index is 838. The van der Waals surface area contributed by atoms with Crippen molar-refractivity contribution in [3.63, 3.8) is 0 Å². The number of hydrogen-bond donors (Lipinski definition) is 0. The number of rotatable bonds is 7. The van der Waals surface area contributed by atoms with Crippen molar-refractivity contribution in [2.45, 2.75) is 32.4 Å². The van der Waals surface area contributed by atoms with Crippen LogP contribution >= 0.6 is 0 Å². The molecule has 0 fully saturated rings. The van der Waals surface area contributed by atoms with Crippen molar-refractivity contribution in [2.24, 2.45) is 5.16 Å². The molecule has 0 bridgehead atoms. The number of amides is 1. The summed E-state index contributed by atoms with van der Waals surface area (Å²) in [6, 6.07) is 14.1. The van der Waals surface area contributed by atoms with Crippen LogP contribution in [0, 0.1) is 5.82 Å². The summed E-state index contributed by atoms with van der Waals surface area (Å²) in [6.07, 6.45) is 0.574. The smallest absolute Gasteiger partial charge is 0.222 e. The minimum Gasteiger partial charge on any atom is -0.497 e. The van der Waals surface area contributed by atoms with Crippen molar-refractivity contribution in [1.29, 1.82) is 0 Å². The maximum atomic E-state index is 14.0. The van der Waals surface area contributed by atoms with Gasteiger partial charge < -0.3 is 14.5 Å². The molecule has 2 aromatic carbocycles. The summed E-state index contributed by atoms with van der Waals surface area (Å²) in [5.74, 6) is 0.456. The summed E-state index contributed by atoms with van der Waals surface area (Å²) in [7, 11) is 1.61. The van der Waals surface area contributed by atoms with Crippen LogP contribution in [0.2, 0.25) is 0 Å². The van der Waals surface area contributed by atoms with Gasteiger partial charge in [-0.15, -0.1) is 0 Å². The monoisotopic (exact) mass is 370 g/mol. The number of methoxy groups -OCH3 is 1. The normalized spacial score (nSPS) is 15.8. The summed E-state index contributed by atoms with van der Waals surface area (Å²) in [4.78, 5) is 19.6. The molecule has 1 aliphatic heterocycles. The van der Waals surface area contributed by atoms with E-state index < -0.39 is 0 Å². The molecule has 0 radical (unpaired) electrons. The number of oxime groups is 1. The Morgan fingerprint density at radius 2 is 2.11 bits per heavy atom. The summed E-state index contributed by atoms with van der Waals surface area (Å²) >= 11 is 0. The first-order valence-electron chi connectivity index (χ1n) is 8.99. The second-order valence-electron chi connectivity index (χ2n) is 6.43. The molecule has 27 heavy (non-hydrogen) atoms. The summed E-state index contributed by atoms with van der Waals surface area (Å²) in [5.41, 5.74) is 1.99. The molecule has 142 valence electrons. The molecule has 0 saturated carbocycles. The maximum Gasteiger partial charge on any atom is 0.222 e. The lowest BCUT2D eigenvalue weighted by molar-refractivity contribution is -0.133. The highest BCUT2D eigenvalue weighted by Crippen LogP contribution is 2.21. The number of carbonyl (C=O) groups excluding carboxylic acids is 1. The Kier molecular flexibility index (Phi) is 6.06. The van der Waals surface area contributed by atoms with Gasteiger partial charge in [-0.2, -0.15) is 0 Å². The molecule has 0 saturated heterocycles. The second-order valence-corrected chi connectivity index (χ2v) is 6.43. The number of benzene rings is 2. The molecule has 0 unspecified atom stereocenters. The molecule has 1 atom stereocenters. The van der Waals surface area contributed by atoms with E-state index in [-0.39, 0.29) is 17.8 Å². The molecule has 2 aromatic rings. The van der Waals surface area contributed by atoms with Crippen LogP contribution in [0.5, 0.6) is 5.75 Å². The molecule has 3 rings (SSSR count). The average molecular weight is 370 g/mol. The number of ether oxygens (including phenoxy) is 1. The third-order valence-electron chi connectivity index (χ3n) is 4.50. The van der Waals surface area contributed by atoms with E-state index in [2.05, 4.69) is 5.16 Å². The Hall–Kier alpha value is -2.89. The lowest BCUT2D eigenvalue weighted by Crippen LogP contribution is -2.36. The van der Waals surface area contributed by atoms with Crippen LogP contribution in [0.25, 0.3) is 0 Å². The summed E-state index contributed by atoms with van der Waals surface area (Å²) in [6.45, 7) is 2.68. The van der Waals surface area contributed by atoms with Crippen molar-refractivity contribution < 1.29 is 18.8 Å². The largest absolute Gasteiger partial charge is 0.497 e. The Balaban J connectivity index is 1.67. The van der Waals surface area contributed by atoms with Crippen LogP contribution in [0.4, 0.5) is 4.39 Å². The van der Waals surface area contributed by atoms with Gasteiger partial charge in [0.15, 0.2) is 6.10 Å². The van der Waals surface area contributed by atoms with Crippen LogP contribution in [-0.4, -0.2) is 36.3 Å². The van der Waals surface area contributed by atoms with Crippen LogP contribution < -0.4 is 4.74 Å². The van der Waals surface area contributed by atoms with E-state index in [0.29, 0.717) is 37.2 Å². The SMILES string of the molecule is CCC(=O)N(Cc1cccc(OC)c1)C[C@@H]1CC(c2ccccc2F)=NO1. The molecule has 0 N–H and O–H groups in total. The van der Waals surface area contributed by atoms with Gasteiger partial charge in [0.2, 0.25) is 5.91 Å². The van der Waals surface area contributed by atoms with Gasteiger partial charge in [-0.05, 0) is 23.8 Å². The molecule has 1 heterocycles. The number of carbonyl (C=O) groups is 1. The van der Waals surface area contributed by atoms with Gasteiger partial charge in [0.1, 0.15) is 11.6 Å². The first kappa shape index (κ1) is 18.9. The van der Waals surface area contributed by atoms with E-state index in [1.807, 2.05) is 31.2 Å². The van der Waals surface area contributed by atoms with Gasteiger partial charge >= 0.3 is 0 Å². The van der Waals surface area contributed by atoms with Crippen LogP contribution in [0.3, 0.4) is 0 Å². The molecule has 0 aliphatic carbocycles. The Labute approximate surface area is 158 Å². The van der Waals surface area contributed by atoms with E-state index in [1.54, 1.807) is 30.2 Å². The Morgan fingerprint density at radius 3 is 2.85 bits per heavy atom. The fourth-order valence-corrected chi connectivity index (χ4v) is 3.10. The van der Waals surface area contributed by atoms with Gasteiger partial charge in [-0.1, -0.05) is 42.4 Å². The third-order valence-corrected chi connectivity index (χ3v) is 4.50. The highest BCUT2D eigenvalue weighted by Gasteiger charge is 2.27. The lowest BCUT2D eigenvalue weighted by Gasteiger charge is -2.24. The highest BCUT2D eigenvalue weighted by atomic mass is 19.1. The van der Waals surface area contributed by atoms with E-state index in [4.69, 9.17) is 9.57 Å². The van der Waals surface area contributed by atoms with Gasteiger partial charge in [-0.3, -0.25) is 4.79 Å². The molecule has 0 aromatic heterocycles. The van der Waals surface area contributed by atoms with E-state index >= 15 is 0 Å². The topological polar surface area (TPSA) is 51.1 Å². The number of hydrogen-bond acceptors (Lipinski definition) is 4. The summed E-state index contributed by atoms with van der Waals surface area (Å²) in [5, 5.41) is 4.04. The fourth-order valence-electron chi connectivity index (χ4n) is 3.10. The van der Waals surface area contributed by atoms with E-state index in [9.17, 15) is 9.18 Å². The zero-order chi connectivity index (χ0) is 19.2. The molecule has 6 heteroatoms. The van der Waals surface area contributed by atoms with E-state index in [1.165, 1.54) is 6.07 Å². The van der Waals surface area contributed by atoms with Crippen LogP contribution in [0.1, 0.15) is 30.9 Å². The minimum atomic E-state index is -0.321. The number of halogens is 1. The molecule has 1 amide bonds. The first-order valence-corrected chi connectivity index (χ1v) is 8.99. The molecular formula is C21H23FN2O3. The molecule has 5 nitrogen and oxygen atoms in total. The lowest BCUT2D eigenvalue weighted by atomic mass is 10.0. The van der Waals surface area contributed by atoms with Gasteiger partial charge in [0.05, 0.1) is 19.4 Å². The highest BCUT2D eigenvalue weighted by molar-refractivity contribution is 6.01. The minimum absolute atomic E-state index is 0.0285. The van der Waals surface area contributed by atoms with Crippen molar-refractivity contribution >= 4 is 11.6 Å². The average Bonchev–Trinajstić information content (AvgIpc) is 3.15. The number of nitrogens with zero attached hydrogens (tertiary/aromatic N) is 2. The van der Waals surface area contributed by atoms with Crippen molar-refractivity contribution in [3.05, 3.63) is 65.5 Å². The predicted octanol–water partition coefficient (Wildman–Crippen LogP) is 3.77.